The third-order valence-corrected chi connectivity index (χ3v) is 4.40. The van der Waals surface area contributed by atoms with Crippen LogP contribution in [0.4, 0.5) is 5.69 Å². The van der Waals surface area contributed by atoms with E-state index < -0.39 is 5.91 Å². The molecule has 1 amide bonds. The van der Waals surface area contributed by atoms with E-state index in [1.807, 2.05) is 19.9 Å². The number of carbonyl (C=O) groups is 1. The quantitative estimate of drug-likeness (QED) is 0.466. The highest BCUT2D eigenvalue weighted by molar-refractivity contribution is 9.10. The molecule has 134 valence electrons. The van der Waals surface area contributed by atoms with Crippen molar-refractivity contribution >= 4 is 45.2 Å². The predicted molar refractivity (Wildman–Crippen MR) is 108 cm³/mol. The van der Waals surface area contributed by atoms with Crippen molar-refractivity contribution in [2.45, 2.75) is 20.3 Å². The van der Waals surface area contributed by atoms with Gasteiger partial charge in [-0.15, -0.1) is 0 Å². The van der Waals surface area contributed by atoms with Crippen LogP contribution in [0.3, 0.4) is 0 Å². The average Bonchev–Trinajstić information content (AvgIpc) is 2.62. The molecule has 0 heterocycles. The molecule has 6 heteroatoms. The molecule has 0 saturated heterocycles. The van der Waals surface area contributed by atoms with Crippen LogP contribution in [0.15, 0.2) is 46.4 Å². The van der Waals surface area contributed by atoms with E-state index in [9.17, 15) is 10.1 Å². The fraction of sp³-hybridized carbons (Fsp3) is 0.200. The van der Waals surface area contributed by atoms with E-state index in [1.165, 1.54) is 6.08 Å². The second-order valence-corrected chi connectivity index (χ2v) is 6.91. The van der Waals surface area contributed by atoms with Crippen molar-refractivity contribution in [2.75, 3.05) is 11.9 Å². The van der Waals surface area contributed by atoms with Gasteiger partial charge in [-0.3, -0.25) is 4.79 Å². The Hall–Kier alpha value is -2.29. The maximum atomic E-state index is 12.4. The van der Waals surface area contributed by atoms with Gasteiger partial charge < -0.3 is 10.1 Å². The molecule has 2 aromatic rings. The number of anilines is 1. The maximum Gasteiger partial charge on any atom is 0.266 e. The number of benzene rings is 2. The smallest absolute Gasteiger partial charge is 0.266 e. The van der Waals surface area contributed by atoms with Crippen LogP contribution in [-0.4, -0.2) is 12.5 Å². The normalized spacial score (nSPS) is 11.0. The van der Waals surface area contributed by atoms with E-state index in [0.717, 1.165) is 27.8 Å². The van der Waals surface area contributed by atoms with Gasteiger partial charge >= 0.3 is 0 Å². The maximum absolute atomic E-state index is 12.4. The topological polar surface area (TPSA) is 62.1 Å². The second kappa shape index (κ2) is 9.42. The van der Waals surface area contributed by atoms with Crippen molar-refractivity contribution in [3.63, 3.8) is 0 Å². The van der Waals surface area contributed by atoms with E-state index in [0.29, 0.717) is 17.3 Å². The number of halogens is 2. The van der Waals surface area contributed by atoms with Gasteiger partial charge in [0, 0.05) is 10.7 Å². The lowest BCUT2D eigenvalue weighted by molar-refractivity contribution is -0.112. The molecule has 0 aliphatic rings. The number of aryl methyl sites for hydroxylation is 1. The van der Waals surface area contributed by atoms with Gasteiger partial charge in [0.1, 0.15) is 17.4 Å². The van der Waals surface area contributed by atoms with Crippen LogP contribution in [0.5, 0.6) is 5.75 Å². The summed E-state index contributed by atoms with van der Waals surface area (Å²) in [6.45, 7) is 4.51. The summed E-state index contributed by atoms with van der Waals surface area (Å²) in [5, 5.41) is 12.6. The van der Waals surface area contributed by atoms with E-state index in [4.69, 9.17) is 16.3 Å². The average molecular weight is 434 g/mol. The number of carbonyl (C=O) groups excluding carboxylic acids is 1. The van der Waals surface area contributed by atoms with Gasteiger partial charge in [-0.05, 0) is 70.7 Å². The minimum Gasteiger partial charge on any atom is -0.492 e. The van der Waals surface area contributed by atoms with Gasteiger partial charge in [-0.25, -0.2) is 0 Å². The summed E-state index contributed by atoms with van der Waals surface area (Å²) in [5.74, 6) is 0.238. The molecule has 0 bridgehead atoms. The minimum absolute atomic E-state index is 0.00139. The van der Waals surface area contributed by atoms with Gasteiger partial charge in [0.05, 0.1) is 11.1 Å². The van der Waals surface area contributed by atoms with Gasteiger partial charge in [0.2, 0.25) is 0 Å². The molecule has 0 spiro atoms. The third kappa shape index (κ3) is 5.35. The van der Waals surface area contributed by atoms with Gasteiger partial charge in [0.25, 0.3) is 5.91 Å². The van der Waals surface area contributed by atoms with Gasteiger partial charge in [0.15, 0.2) is 0 Å². The number of nitrogens with one attached hydrogen (secondary N) is 1. The number of nitrogens with zero attached hydrogens (tertiary/aromatic N) is 1. The predicted octanol–water partition coefficient (Wildman–Crippen LogP) is 5.75. The Balaban J connectivity index is 2.21. The first kappa shape index (κ1) is 20.0. The highest BCUT2D eigenvalue weighted by atomic mass is 79.9. The van der Waals surface area contributed by atoms with Gasteiger partial charge in [-0.2, -0.15) is 5.26 Å². The summed E-state index contributed by atoms with van der Waals surface area (Å²) in [6.07, 6.45) is 2.44. The molecule has 0 aliphatic heterocycles. The molecule has 26 heavy (non-hydrogen) atoms. The summed E-state index contributed by atoms with van der Waals surface area (Å²) in [5.41, 5.74) is 2.15. The molecule has 0 atom stereocenters. The zero-order valence-electron chi connectivity index (χ0n) is 14.5. The fourth-order valence-electron chi connectivity index (χ4n) is 2.17. The van der Waals surface area contributed by atoms with Crippen LogP contribution < -0.4 is 10.1 Å². The summed E-state index contributed by atoms with van der Waals surface area (Å²) in [7, 11) is 0. The summed E-state index contributed by atoms with van der Waals surface area (Å²) in [6, 6.07) is 12.6. The highest BCUT2D eigenvalue weighted by Crippen LogP contribution is 2.27. The van der Waals surface area contributed by atoms with Gasteiger partial charge in [-0.1, -0.05) is 30.7 Å². The lowest BCUT2D eigenvalue weighted by atomic mass is 10.1. The molecule has 0 aromatic heterocycles. The van der Waals surface area contributed by atoms with Crippen molar-refractivity contribution in [2.24, 2.45) is 0 Å². The zero-order valence-corrected chi connectivity index (χ0v) is 16.8. The van der Waals surface area contributed by atoms with Crippen LogP contribution in [-0.2, 0) is 4.79 Å². The van der Waals surface area contributed by atoms with E-state index in [-0.39, 0.29) is 5.57 Å². The highest BCUT2D eigenvalue weighted by Gasteiger charge is 2.12. The van der Waals surface area contributed by atoms with Crippen molar-refractivity contribution in [1.82, 2.24) is 0 Å². The number of amides is 1. The molecule has 4 nitrogen and oxygen atoms in total. The lowest BCUT2D eigenvalue weighted by Gasteiger charge is -2.09. The van der Waals surface area contributed by atoms with Crippen LogP contribution in [0, 0.1) is 18.3 Å². The van der Waals surface area contributed by atoms with Crippen molar-refractivity contribution in [3.05, 3.63) is 62.6 Å². The van der Waals surface area contributed by atoms with Crippen LogP contribution in [0.25, 0.3) is 6.08 Å². The number of nitriles is 1. The first-order valence-electron chi connectivity index (χ1n) is 8.06. The number of rotatable bonds is 6. The van der Waals surface area contributed by atoms with E-state index in [1.54, 1.807) is 36.4 Å². The number of hydrogen-bond acceptors (Lipinski definition) is 3. The van der Waals surface area contributed by atoms with Crippen LogP contribution in [0.1, 0.15) is 24.5 Å². The summed E-state index contributed by atoms with van der Waals surface area (Å²) < 4.78 is 6.37. The Morgan fingerprint density at radius 2 is 2.12 bits per heavy atom. The van der Waals surface area contributed by atoms with Crippen LogP contribution in [0.2, 0.25) is 5.02 Å². The Kier molecular flexibility index (Phi) is 7.26. The van der Waals surface area contributed by atoms with Crippen molar-refractivity contribution in [1.29, 1.82) is 5.26 Å². The molecular weight excluding hydrogens is 416 g/mol. The first-order valence-corrected chi connectivity index (χ1v) is 9.23. The Morgan fingerprint density at radius 1 is 1.35 bits per heavy atom. The fourth-order valence-corrected chi connectivity index (χ4v) is 2.85. The zero-order chi connectivity index (χ0) is 19.1. The molecule has 0 aliphatic carbocycles. The molecule has 0 fully saturated rings. The Labute approximate surface area is 166 Å². The van der Waals surface area contributed by atoms with Crippen molar-refractivity contribution < 1.29 is 9.53 Å². The summed E-state index contributed by atoms with van der Waals surface area (Å²) >= 11 is 9.41. The second-order valence-electron chi connectivity index (χ2n) is 5.62. The van der Waals surface area contributed by atoms with E-state index in [2.05, 4.69) is 21.2 Å². The van der Waals surface area contributed by atoms with E-state index >= 15 is 0 Å². The SMILES string of the molecule is CCCOc1ccc(/C=C(\C#N)C(=O)Nc2cc(Cl)ccc2C)cc1Br. The molecule has 0 radical (unpaired) electrons. The first-order chi connectivity index (χ1) is 12.4. The molecule has 0 unspecified atom stereocenters. The molecular formula is C20H18BrClN2O2. The standard InChI is InChI=1S/C20H18BrClN2O2/c1-3-8-26-19-7-5-14(10-17(19)21)9-15(12-23)20(25)24-18-11-16(22)6-4-13(18)2/h4-7,9-11H,3,8H2,1-2H3,(H,24,25)/b15-9+. The van der Waals surface area contributed by atoms with Crippen molar-refractivity contribution in [3.8, 4) is 11.8 Å². The number of ether oxygens (including phenoxy) is 1. The third-order valence-electron chi connectivity index (χ3n) is 3.54. The largest absolute Gasteiger partial charge is 0.492 e. The molecule has 1 N–H and O–H groups in total. The molecule has 2 rings (SSSR count). The molecule has 2 aromatic carbocycles. The van der Waals surface area contributed by atoms with Crippen LogP contribution >= 0.6 is 27.5 Å². The monoisotopic (exact) mass is 432 g/mol. The minimum atomic E-state index is -0.486. The lowest BCUT2D eigenvalue weighted by Crippen LogP contribution is -2.14. The Bertz CT molecular complexity index is 888. The summed E-state index contributed by atoms with van der Waals surface area (Å²) in [4.78, 5) is 12.4. The Morgan fingerprint density at radius 3 is 2.77 bits per heavy atom. The molecule has 0 saturated carbocycles. The number of hydrogen-bond donors (Lipinski definition) is 1.